The first-order chi connectivity index (χ1) is 14.3. The standard InChI is InChI=1S/C23H26ClN3O3/c1-15(2)8-10-25-22(29)23(3)14-26-18-9-11-30-20(18)12-19(26)21(28)27(23)13-16-4-6-17(24)7-5-16/h4-7,9,11-12,15H,8,10,13-14H2,1-3H3,(H,25,29)/t23-/m0/s1. The molecule has 3 aromatic rings. The van der Waals surface area contributed by atoms with Crippen molar-refractivity contribution in [2.24, 2.45) is 5.92 Å². The Hall–Kier alpha value is -2.73. The van der Waals surface area contributed by atoms with E-state index in [0.29, 0.717) is 41.9 Å². The molecule has 0 fully saturated rings. The number of amides is 2. The maximum atomic E-state index is 13.5. The van der Waals surface area contributed by atoms with E-state index < -0.39 is 5.54 Å². The largest absolute Gasteiger partial charge is 0.463 e. The van der Waals surface area contributed by atoms with Gasteiger partial charge in [0.05, 0.1) is 18.3 Å². The van der Waals surface area contributed by atoms with Gasteiger partial charge < -0.3 is 19.2 Å². The van der Waals surface area contributed by atoms with Crippen molar-refractivity contribution in [1.82, 2.24) is 14.8 Å². The highest BCUT2D eigenvalue weighted by molar-refractivity contribution is 6.30. The summed E-state index contributed by atoms with van der Waals surface area (Å²) in [5.41, 5.74) is 1.88. The minimum absolute atomic E-state index is 0.151. The van der Waals surface area contributed by atoms with Gasteiger partial charge in [-0.15, -0.1) is 0 Å². The Kier molecular flexibility index (Phi) is 5.36. The van der Waals surface area contributed by atoms with Gasteiger partial charge in [-0.2, -0.15) is 0 Å². The third kappa shape index (κ3) is 3.60. The maximum Gasteiger partial charge on any atom is 0.271 e. The molecule has 0 spiro atoms. The Morgan fingerprint density at radius 2 is 2.00 bits per heavy atom. The molecule has 1 aliphatic rings. The van der Waals surface area contributed by atoms with E-state index in [1.54, 1.807) is 29.4 Å². The number of nitrogens with one attached hydrogen (secondary N) is 1. The number of carbonyl (C=O) groups excluding carboxylic acids is 2. The fourth-order valence-corrected chi connectivity index (χ4v) is 4.08. The molecule has 6 nitrogen and oxygen atoms in total. The molecule has 1 aromatic carbocycles. The summed E-state index contributed by atoms with van der Waals surface area (Å²) >= 11 is 6.01. The van der Waals surface area contributed by atoms with Crippen molar-refractivity contribution in [2.45, 2.75) is 45.8 Å². The molecule has 0 bridgehead atoms. The lowest BCUT2D eigenvalue weighted by Crippen LogP contribution is -2.63. The third-order valence-electron chi connectivity index (χ3n) is 5.80. The molecule has 2 aromatic heterocycles. The van der Waals surface area contributed by atoms with Crippen LogP contribution in [-0.2, 0) is 17.9 Å². The number of aromatic nitrogens is 1. The number of hydrogen-bond donors (Lipinski definition) is 1. The number of fused-ring (bicyclic) bond motifs is 3. The average Bonchev–Trinajstić information content (AvgIpc) is 3.28. The van der Waals surface area contributed by atoms with Gasteiger partial charge in [0, 0.05) is 30.2 Å². The maximum absolute atomic E-state index is 13.5. The molecule has 0 unspecified atom stereocenters. The van der Waals surface area contributed by atoms with Crippen LogP contribution in [0.25, 0.3) is 11.1 Å². The van der Waals surface area contributed by atoms with Crippen molar-refractivity contribution in [3.8, 4) is 0 Å². The van der Waals surface area contributed by atoms with Crippen LogP contribution in [0.4, 0.5) is 0 Å². The van der Waals surface area contributed by atoms with Crippen molar-refractivity contribution in [3.63, 3.8) is 0 Å². The minimum Gasteiger partial charge on any atom is -0.463 e. The summed E-state index contributed by atoms with van der Waals surface area (Å²) in [6, 6.07) is 10.9. The van der Waals surface area contributed by atoms with Gasteiger partial charge in [-0.05, 0) is 37.0 Å². The lowest BCUT2D eigenvalue weighted by molar-refractivity contribution is -0.133. The van der Waals surface area contributed by atoms with Crippen LogP contribution in [0.2, 0.25) is 5.02 Å². The second-order valence-electron chi connectivity index (χ2n) is 8.52. The van der Waals surface area contributed by atoms with Crippen LogP contribution < -0.4 is 5.32 Å². The van der Waals surface area contributed by atoms with Gasteiger partial charge in [0.1, 0.15) is 11.2 Å². The van der Waals surface area contributed by atoms with Gasteiger partial charge >= 0.3 is 0 Å². The average molecular weight is 428 g/mol. The molecule has 2 amide bonds. The predicted octanol–water partition coefficient (Wildman–Crippen LogP) is 4.46. The highest BCUT2D eigenvalue weighted by Gasteiger charge is 2.47. The van der Waals surface area contributed by atoms with E-state index >= 15 is 0 Å². The molecular formula is C23H26ClN3O3. The first-order valence-electron chi connectivity index (χ1n) is 10.2. The van der Waals surface area contributed by atoms with Crippen LogP contribution >= 0.6 is 11.6 Å². The second kappa shape index (κ2) is 7.84. The topological polar surface area (TPSA) is 67.5 Å². The molecule has 1 N–H and O–H groups in total. The van der Waals surface area contributed by atoms with Crippen molar-refractivity contribution in [1.29, 1.82) is 0 Å². The van der Waals surface area contributed by atoms with E-state index in [2.05, 4.69) is 19.2 Å². The quantitative estimate of drug-likeness (QED) is 0.631. The van der Waals surface area contributed by atoms with Crippen LogP contribution in [0.1, 0.15) is 43.2 Å². The summed E-state index contributed by atoms with van der Waals surface area (Å²) < 4.78 is 7.39. The molecule has 0 aliphatic carbocycles. The number of furan rings is 1. The van der Waals surface area contributed by atoms with Gasteiger partial charge in [-0.3, -0.25) is 9.59 Å². The fourth-order valence-electron chi connectivity index (χ4n) is 3.96. The molecule has 7 heteroatoms. The number of hydrogen-bond acceptors (Lipinski definition) is 3. The number of carbonyl (C=O) groups is 2. The van der Waals surface area contributed by atoms with E-state index in [9.17, 15) is 9.59 Å². The predicted molar refractivity (Wildman–Crippen MR) is 116 cm³/mol. The molecule has 1 aliphatic heterocycles. The summed E-state index contributed by atoms with van der Waals surface area (Å²) in [7, 11) is 0. The van der Waals surface area contributed by atoms with Crippen LogP contribution in [0, 0.1) is 5.92 Å². The summed E-state index contributed by atoms with van der Waals surface area (Å²) in [4.78, 5) is 28.5. The van der Waals surface area contributed by atoms with Crippen LogP contribution in [0.3, 0.4) is 0 Å². The highest BCUT2D eigenvalue weighted by Crippen LogP contribution is 2.34. The molecule has 30 heavy (non-hydrogen) atoms. The Bertz CT molecular complexity index is 1080. The lowest BCUT2D eigenvalue weighted by Gasteiger charge is -2.44. The molecule has 3 heterocycles. The first kappa shape index (κ1) is 20.5. The first-order valence-corrected chi connectivity index (χ1v) is 10.6. The van der Waals surface area contributed by atoms with Crippen LogP contribution in [0.15, 0.2) is 47.1 Å². The fraction of sp³-hybridized carbons (Fsp3) is 0.391. The zero-order valence-electron chi connectivity index (χ0n) is 17.4. The van der Waals surface area contributed by atoms with Gasteiger partial charge in [-0.25, -0.2) is 0 Å². The third-order valence-corrected chi connectivity index (χ3v) is 6.05. The molecular weight excluding hydrogens is 402 g/mol. The van der Waals surface area contributed by atoms with E-state index in [1.165, 1.54) is 0 Å². The Labute approximate surface area is 180 Å². The molecule has 0 saturated heterocycles. The summed E-state index contributed by atoms with van der Waals surface area (Å²) in [6.45, 7) is 7.32. The van der Waals surface area contributed by atoms with Gasteiger partial charge in [0.25, 0.3) is 5.91 Å². The van der Waals surface area contributed by atoms with E-state index in [4.69, 9.17) is 16.0 Å². The van der Waals surface area contributed by atoms with Crippen molar-refractivity contribution < 1.29 is 14.0 Å². The zero-order chi connectivity index (χ0) is 21.5. The molecule has 1 atom stereocenters. The summed E-state index contributed by atoms with van der Waals surface area (Å²) in [5.74, 6) is 0.142. The number of rotatable bonds is 6. The Balaban J connectivity index is 1.71. The summed E-state index contributed by atoms with van der Waals surface area (Å²) in [5, 5.41) is 3.68. The Morgan fingerprint density at radius 3 is 2.70 bits per heavy atom. The number of benzene rings is 1. The van der Waals surface area contributed by atoms with Gasteiger partial charge in [0.2, 0.25) is 5.91 Å². The zero-order valence-corrected chi connectivity index (χ0v) is 18.2. The summed E-state index contributed by atoms with van der Waals surface area (Å²) in [6.07, 6.45) is 2.48. The lowest BCUT2D eigenvalue weighted by atomic mass is 9.93. The highest BCUT2D eigenvalue weighted by atomic mass is 35.5. The molecule has 158 valence electrons. The van der Waals surface area contributed by atoms with Crippen LogP contribution in [0.5, 0.6) is 0 Å². The van der Waals surface area contributed by atoms with Crippen molar-refractivity contribution >= 4 is 34.5 Å². The monoisotopic (exact) mass is 427 g/mol. The molecule has 4 rings (SSSR count). The SMILES string of the molecule is CC(C)CCNC(=O)[C@]1(C)Cn2c(cc3occc32)C(=O)N1Cc1ccc(Cl)cc1. The van der Waals surface area contributed by atoms with E-state index in [1.807, 2.05) is 29.7 Å². The second-order valence-corrected chi connectivity index (χ2v) is 8.95. The number of nitrogens with zero attached hydrogens (tertiary/aromatic N) is 2. The van der Waals surface area contributed by atoms with E-state index in [0.717, 1.165) is 17.5 Å². The van der Waals surface area contributed by atoms with Crippen molar-refractivity contribution in [2.75, 3.05) is 6.54 Å². The minimum atomic E-state index is -1.04. The number of halogens is 1. The molecule has 0 radical (unpaired) electrons. The normalized spacial score (nSPS) is 18.8. The molecule has 0 saturated carbocycles. The van der Waals surface area contributed by atoms with Crippen molar-refractivity contribution in [3.05, 3.63) is 58.9 Å². The van der Waals surface area contributed by atoms with Gasteiger partial charge in [-0.1, -0.05) is 37.6 Å². The van der Waals surface area contributed by atoms with Crippen LogP contribution in [-0.4, -0.2) is 33.4 Å². The van der Waals surface area contributed by atoms with Gasteiger partial charge in [0.15, 0.2) is 5.58 Å². The smallest absolute Gasteiger partial charge is 0.271 e. The Morgan fingerprint density at radius 1 is 1.27 bits per heavy atom. The van der Waals surface area contributed by atoms with E-state index in [-0.39, 0.29) is 11.8 Å².